The van der Waals surface area contributed by atoms with Crippen molar-refractivity contribution in [2.75, 3.05) is 34.4 Å². The fourth-order valence-corrected chi connectivity index (χ4v) is 3.60. The van der Waals surface area contributed by atoms with E-state index < -0.39 is 6.04 Å². The van der Waals surface area contributed by atoms with Crippen molar-refractivity contribution < 1.29 is 23.5 Å². The number of hydrogen-bond donors (Lipinski definition) is 1. The van der Waals surface area contributed by atoms with Crippen LogP contribution in [-0.4, -0.2) is 61.9 Å². The molecule has 8 nitrogen and oxygen atoms in total. The predicted molar refractivity (Wildman–Crippen MR) is 123 cm³/mol. The van der Waals surface area contributed by atoms with Crippen molar-refractivity contribution in [1.29, 1.82) is 0 Å². The van der Waals surface area contributed by atoms with Crippen LogP contribution in [0.1, 0.15) is 36.9 Å². The van der Waals surface area contributed by atoms with Crippen molar-refractivity contribution in [3.8, 4) is 11.5 Å². The fourth-order valence-electron chi connectivity index (χ4n) is 3.60. The molecule has 0 saturated carbocycles. The number of nitrogens with zero attached hydrogens (tertiary/aromatic N) is 3. The Morgan fingerprint density at radius 1 is 1.18 bits per heavy atom. The Balaban J connectivity index is 1.91. The van der Waals surface area contributed by atoms with E-state index in [1.54, 1.807) is 45.5 Å². The van der Waals surface area contributed by atoms with Gasteiger partial charge < -0.3 is 19.7 Å². The van der Waals surface area contributed by atoms with E-state index in [9.17, 15) is 14.0 Å². The lowest BCUT2D eigenvalue weighted by molar-refractivity contribution is -0.133. The van der Waals surface area contributed by atoms with Gasteiger partial charge in [-0.25, -0.2) is 14.2 Å². The molecule has 3 amide bonds. The van der Waals surface area contributed by atoms with E-state index in [-0.39, 0.29) is 24.3 Å². The van der Waals surface area contributed by atoms with E-state index in [4.69, 9.17) is 9.47 Å². The van der Waals surface area contributed by atoms with Crippen molar-refractivity contribution in [3.63, 3.8) is 0 Å². The molecule has 1 aliphatic rings. The topological polar surface area (TPSA) is 83.5 Å². The summed E-state index contributed by atoms with van der Waals surface area (Å²) in [4.78, 5) is 26.7. The van der Waals surface area contributed by atoms with Crippen molar-refractivity contribution in [1.82, 2.24) is 15.2 Å². The van der Waals surface area contributed by atoms with Gasteiger partial charge in [-0.05, 0) is 36.2 Å². The molecular weight excluding hydrogens is 427 g/mol. The van der Waals surface area contributed by atoms with Crippen LogP contribution in [0.4, 0.5) is 9.18 Å². The van der Waals surface area contributed by atoms with Crippen LogP contribution in [0.25, 0.3) is 0 Å². The lowest BCUT2D eigenvalue weighted by Gasteiger charge is -2.25. The monoisotopic (exact) mass is 456 g/mol. The number of halogens is 1. The van der Waals surface area contributed by atoms with Crippen LogP contribution < -0.4 is 14.8 Å². The first-order valence-corrected chi connectivity index (χ1v) is 10.7. The Morgan fingerprint density at radius 3 is 2.55 bits per heavy atom. The Labute approximate surface area is 193 Å². The molecule has 1 aliphatic heterocycles. The number of urea groups is 1. The van der Waals surface area contributed by atoms with Crippen molar-refractivity contribution >= 4 is 17.6 Å². The second-order valence-corrected chi connectivity index (χ2v) is 7.71. The molecule has 0 saturated heterocycles. The largest absolute Gasteiger partial charge is 0.497 e. The Hall–Kier alpha value is -3.62. The summed E-state index contributed by atoms with van der Waals surface area (Å²) in [5.74, 6) is 0.495. The van der Waals surface area contributed by atoms with Gasteiger partial charge in [0.25, 0.3) is 5.91 Å². The van der Waals surface area contributed by atoms with Crippen LogP contribution >= 0.6 is 0 Å². The van der Waals surface area contributed by atoms with Crippen molar-refractivity contribution in [2.45, 2.75) is 25.8 Å². The van der Waals surface area contributed by atoms with Gasteiger partial charge in [0, 0.05) is 31.6 Å². The number of methoxy groups -OCH3 is 2. The number of carbonyl (C=O) groups excluding carboxylic acids is 2. The Kier molecular flexibility index (Phi) is 7.87. The molecule has 2 aromatic carbocycles. The standard InChI is InChI=1S/C24H29FN4O4/c1-5-12-26-24(31)28(2)15-23(30)29-21(16-6-8-17(25)9-7-16)14-20(27-29)19-11-10-18(32-3)13-22(19)33-4/h6-11,13,21H,5,12,14-15H2,1-4H3,(H,26,31)/t21-/m1/s1. The summed E-state index contributed by atoms with van der Waals surface area (Å²) in [7, 11) is 4.68. The quantitative estimate of drug-likeness (QED) is 0.658. The normalized spacial score (nSPS) is 15.1. The highest BCUT2D eigenvalue weighted by Crippen LogP contribution is 2.36. The van der Waals surface area contributed by atoms with E-state index in [1.165, 1.54) is 22.0 Å². The van der Waals surface area contributed by atoms with Crippen molar-refractivity contribution in [2.24, 2.45) is 5.10 Å². The number of likely N-dealkylation sites (N-methyl/N-ethyl adjacent to an activating group) is 1. The molecule has 1 heterocycles. The van der Waals surface area contributed by atoms with Gasteiger partial charge in [0.2, 0.25) is 0 Å². The molecule has 0 bridgehead atoms. The lowest BCUT2D eigenvalue weighted by atomic mass is 9.97. The molecule has 0 aliphatic carbocycles. The summed E-state index contributed by atoms with van der Waals surface area (Å²) in [5, 5.41) is 8.72. The molecule has 9 heteroatoms. The highest BCUT2D eigenvalue weighted by atomic mass is 19.1. The van der Waals surface area contributed by atoms with Crippen LogP contribution in [-0.2, 0) is 4.79 Å². The van der Waals surface area contributed by atoms with Gasteiger partial charge in [0.05, 0.1) is 26.0 Å². The van der Waals surface area contributed by atoms with E-state index in [2.05, 4.69) is 10.4 Å². The minimum atomic E-state index is -0.438. The predicted octanol–water partition coefficient (Wildman–Crippen LogP) is 3.57. The van der Waals surface area contributed by atoms with Crippen LogP contribution in [0.3, 0.4) is 0 Å². The van der Waals surface area contributed by atoms with Gasteiger partial charge in [-0.1, -0.05) is 19.1 Å². The van der Waals surface area contributed by atoms with Crippen LogP contribution in [0.5, 0.6) is 11.5 Å². The number of rotatable bonds is 8. The van der Waals surface area contributed by atoms with Gasteiger partial charge in [-0.15, -0.1) is 0 Å². The molecule has 0 aromatic heterocycles. The molecule has 1 atom stereocenters. The molecule has 176 valence electrons. The zero-order chi connectivity index (χ0) is 24.0. The van der Waals surface area contributed by atoms with E-state index in [1.807, 2.05) is 13.0 Å². The lowest BCUT2D eigenvalue weighted by Crippen LogP contribution is -2.43. The summed E-state index contributed by atoms with van der Waals surface area (Å²) in [6.45, 7) is 2.33. The summed E-state index contributed by atoms with van der Waals surface area (Å²) >= 11 is 0. The summed E-state index contributed by atoms with van der Waals surface area (Å²) in [5.41, 5.74) is 2.12. The minimum absolute atomic E-state index is 0.149. The molecule has 33 heavy (non-hydrogen) atoms. The number of hydrogen-bond acceptors (Lipinski definition) is 5. The molecular formula is C24H29FN4O4. The first-order valence-electron chi connectivity index (χ1n) is 10.7. The van der Waals surface area contributed by atoms with Gasteiger partial charge in [-0.3, -0.25) is 4.79 Å². The fraction of sp³-hybridized carbons (Fsp3) is 0.375. The van der Waals surface area contributed by atoms with Gasteiger partial charge >= 0.3 is 6.03 Å². The van der Waals surface area contributed by atoms with Gasteiger partial charge in [-0.2, -0.15) is 5.10 Å². The molecule has 3 rings (SSSR count). The molecule has 0 radical (unpaired) electrons. The second kappa shape index (κ2) is 10.8. The maximum absolute atomic E-state index is 13.5. The first kappa shape index (κ1) is 24.0. The average Bonchev–Trinajstić information content (AvgIpc) is 3.27. The number of benzene rings is 2. The van der Waals surface area contributed by atoms with Crippen LogP contribution in [0, 0.1) is 5.82 Å². The molecule has 0 fully saturated rings. The van der Waals surface area contributed by atoms with Crippen LogP contribution in [0.15, 0.2) is 47.6 Å². The molecule has 0 unspecified atom stereocenters. The number of nitrogens with one attached hydrogen (secondary N) is 1. The Bertz CT molecular complexity index is 1030. The highest BCUT2D eigenvalue weighted by molar-refractivity contribution is 6.05. The van der Waals surface area contributed by atoms with E-state index in [0.29, 0.717) is 30.2 Å². The van der Waals surface area contributed by atoms with Crippen LogP contribution in [0.2, 0.25) is 0 Å². The minimum Gasteiger partial charge on any atom is -0.497 e. The zero-order valence-electron chi connectivity index (χ0n) is 19.3. The third-order valence-corrected chi connectivity index (χ3v) is 5.39. The van der Waals surface area contributed by atoms with Crippen molar-refractivity contribution in [3.05, 3.63) is 59.4 Å². The number of ether oxygens (including phenoxy) is 2. The van der Waals surface area contributed by atoms with E-state index in [0.717, 1.165) is 17.5 Å². The zero-order valence-corrected chi connectivity index (χ0v) is 19.3. The molecule has 0 spiro atoms. The maximum atomic E-state index is 13.5. The highest BCUT2D eigenvalue weighted by Gasteiger charge is 2.34. The van der Waals surface area contributed by atoms with E-state index >= 15 is 0 Å². The maximum Gasteiger partial charge on any atom is 0.317 e. The smallest absolute Gasteiger partial charge is 0.317 e. The molecule has 2 aromatic rings. The number of amides is 3. The summed E-state index contributed by atoms with van der Waals surface area (Å²) in [6, 6.07) is 10.6. The van der Waals surface area contributed by atoms with Gasteiger partial charge in [0.1, 0.15) is 23.9 Å². The third kappa shape index (κ3) is 5.60. The summed E-state index contributed by atoms with van der Waals surface area (Å²) in [6.07, 6.45) is 1.20. The van der Waals surface area contributed by atoms with Gasteiger partial charge in [0.15, 0.2) is 0 Å². The third-order valence-electron chi connectivity index (χ3n) is 5.39. The first-order chi connectivity index (χ1) is 15.9. The summed E-state index contributed by atoms with van der Waals surface area (Å²) < 4.78 is 24.3. The number of carbonyl (C=O) groups is 2. The SMILES string of the molecule is CCCNC(=O)N(C)CC(=O)N1N=C(c2ccc(OC)cc2OC)C[C@@H]1c1ccc(F)cc1. The average molecular weight is 457 g/mol. The number of hydrazone groups is 1. The Morgan fingerprint density at radius 2 is 1.91 bits per heavy atom. The second-order valence-electron chi connectivity index (χ2n) is 7.71. The molecule has 1 N–H and O–H groups in total.